The Balaban J connectivity index is 1.59. The van der Waals surface area contributed by atoms with Gasteiger partial charge in [-0.15, -0.1) is 10.2 Å². The Labute approximate surface area is 177 Å². The molecule has 0 unspecified atom stereocenters. The van der Waals surface area contributed by atoms with Gasteiger partial charge in [-0.05, 0) is 36.2 Å². The van der Waals surface area contributed by atoms with E-state index >= 15 is 0 Å². The Morgan fingerprint density at radius 3 is 2.57 bits per heavy atom. The zero-order valence-corrected chi connectivity index (χ0v) is 17.9. The molecule has 0 amide bonds. The van der Waals surface area contributed by atoms with Crippen molar-refractivity contribution >= 4 is 5.96 Å². The van der Waals surface area contributed by atoms with Gasteiger partial charge in [0, 0.05) is 26.3 Å². The largest absolute Gasteiger partial charge is 0.493 e. The number of guanidine groups is 1. The van der Waals surface area contributed by atoms with Crippen LogP contribution in [0.4, 0.5) is 0 Å². The molecule has 3 aromatic rings. The highest BCUT2D eigenvalue weighted by Gasteiger charge is 2.11. The van der Waals surface area contributed by atoms with Crippen molar-refractivity contribution in [3.63, 3.8) is 0 Å². The maximum Gasteiger partial charge on any atom is 0.193 e. The Hall–Kier alpha value is -3.55. The summed E-state index contributed by atoms with van der Waals surface area (Å²) in [6.45, 7) is 1.31. The van der Waals surface area contributed by atoms with Crippen molar-refractivity contribution in [2.75, 3.05) is 34.9 Å². The third kappa shape index (κ3) is 5.08. The summed E-state index contributed by atoms with van der Waals surface area (Å²) in [6, 6.07) is 16.0. The lowest BCUT2D eigenvalue weighted by Gasteiger charge is -2.22. The van der Waals surface area contributed by atoms with E-state index in [1.165, 1.54) is 5.56 Å². The lowest BCUT2D eigenvalue weighted by atomic mass is 10.1. The van der Waals surface area contributed by atoms with Crippen LogP contribution in [0, 0.1) is 0 Å². The molecule has 8 nitrogen and oxygen atoms in total. The van der Waals surface area contributed by atoms with Gasteiger partial charge in [-0.25, -0.2) is 0 Å². The van der Waals surface area contributed by atoms with Gasteiger partial charge in [-0.3, -0.25) is 9.56 Å². The predicted molar refractivity (Wildman–Crippen MR) is 117 cm³/mol. The molecule has 0 saturated carbocycles. The molecular weight excluding hydrogens is 380 g/mol. The van der Waals surface area contributed by atoms with E-state index in [0.29, 0.717) is 6.54 Å². The predicted octanol–water partition coefficient (Wildman–Crippen LogP) is 2.53. The van der Waals surface area contributed by atoms with Gasteiger partial charge in [0.1, 0.15) is 6.33 Å². The number of likely N-dealkylation sites (N-methyl/N-ethyl adjacent to an activating group) is 1. The van der Waals surface area contributed by atoms with Gasteiger partial charge in [-0.2, -0.15) is 0 Å². The van der Waals surface area contributed by atoms with Crippen LogP contribution < -0.4 is 14.8 Å². The van der Waals surface area contributed by atoms with E-state index in [9.17, 15) is 0 Å². The maximum absolute atomic E-state index is 5.39. The van der Waals surface area contributed by atoms with E-state index in [1.807, 2.05) is 60.1 Å². The minimum Gasteiger partial charge on any atom is -0.493 e. The van der Waals surface area contributed by atoms with E-state index in [2.05, 4.69) is 25.4 Å². The summed E-state index contributed by atoms with van der Waals surface area (Å²) < 4.78 is 12.7. The van der Waals surface area contributed by atoms with Crippen molar-refractivity contribution in [2.45, 2.75) is 13.0 Å². The minimum absolute atomic E-state index is 0.516. The Morgan fingerprint density at radius 2 is 1.87 bits per heavy atom. The molecule has 0 radical (unpaired) electrons. The summed E-state index contributed by atoms with van der Waals surface area (Å²) in [5.41, 5.74) is 2.19. The molecule has 0 aliphatic carbocycles. The number of hydrogen-bond donors (Lipinski definition) is 1. The highest BCUT2D eigenvalue weighted by Crippen LogP contribution is 2.27. The molecule has 0 spiro atoms. The van der Waals surface area contributed by atoms with Gasteiger partial charge in [-0.1, -0.05) is 24.3 Å². The number of aliphatic imine (C=N–C) groups is 1. The maximum atomic E-state index is 5.39. The van der Waals surface area contributed by atoms with Crippen molar-refractivity contribution in [1.29, 1.82) is 0 Å². The fourth-order valence-electron chi connectivity index (χ4n) is 3.17. The zero-order chi connectivity index (χ0) is 21.3. The van der Waals surface area contributed by atoms with Crippen LogP contribution in [0.3, 0.4) is 0 Å². The van der Waals surface area contributed by atoms with Gasteiger partial charge >= 0.3 is 0 Å². The van der Waals surface area contributed by atoms with Gasteiger partial charge in [0.25, 0.3) is 0 Å². The number of ether oxygens (including phenoxy) is 2. The molecule has 0 bridgehead atoms. The second kappa shape index (κ2) is 10.3. The van der Waals surface area contributed by atoms with E-state index in [1.54, 1.807) is 27.6 Å². The molecule has 1 N–H and O–H groups in total. The molecule has 158 valence electrons. The molecule has 30 heavy (non-hydrogen) atoms. The lowest BCUT2D eigenvalue weighted by molar-refractivity contribution is 0.354. The fraction of sp³-hybridized carbons (Fsp3) is 0.318. The van der Waals surface area contributed by atoms with Crippen molar-refractivity contribution in [2.24, 2.45) is 4.99 Å². The molecule has 0 saturated heterocycles. The molecule has 0 fully saturated rings. The van der Waals surface area contributed by atoms with Crippen LogP contribution in [0.25, 0.3) is 5.69 Å². The Morgan fingerprint density at radius 1 is 1.10 bits per heavy atom. The number of nitrogens with one attached hydrogen (secondary N) is 1. The third-order valence-electron chi connectivity index (χ3n) is 4.81. The standard InChI is InChI=1S/C22H28N6O2/c1-23-22(24-15-21-26-25-16-28(21)18-8-6-5-7-9-18)27(2)13-12-17-10-11-19(29-3)20(14-17)30-4/h5-11,14,16H,12-13,15H2,1-4H3,(H,23,24). The van der Waals surface area contributed by atoms with Crippen molar-refractivity contribution in [3.8, 4) is 17.2 Å². The number of aromatic nitrogens is 3. The molecule has 3 rings (SSSR count). The molecule has 0 atom stereocenters. The SMILES string of the molecule is CN=C(NCc1nncn1-c1ccccc1)N(C)CCc1ccc(OC)c(OC)c1. The summed E-state index contributed by atoms with van der Waals surface area (Å²) in [5.74, 6) is 3.07. The Bertz CT molecular complexity index is 971. The third-order valence-corrected chi connectivity index (χ3v) is 4.81. The molecule has 1 aromatic heterocycles. The van der Waals surface area contributed by atoms with Crippen molar-refractivity contribution in [3.05, 3.63) is 66.2 Å². The van der Waals surface area contributed by atoms with E-state index in [0.717, 1.165) is 41.9 Å². The van der Waals surface area contributed by atoms with Gasteiger partial charge < -0.3 is 19.7 Å². The quantitative estimate of drug-likeness (QED) is 0.456. The first-order valence-electron chi connectivity index (χ1n) is 9.73. The number of hydrogen-bond acceptors (Lipinski definition) is 5. The van der Waals surface area contributed by atoms with Crippen LogP contribution >= 0.6 is 0 Å². The number of benzene rings is 2. The normalized spacial score (nSPS) is 11.3. The molecule has 0 aliphatic heterocycles. The van der Waals surface area contributed by atoms with Crippen LogP contribution in [0.15, 0.2) is 59.9 Å². The van der Waals surface area contributed by atoms with E-state index in [-0.39, 0.29) is 0 Å². The first-order valence-corrected chi connectivity index (χ1v) is 9.73. The smallest absolute Gasteiger partial charge is 0.193 e. The molecule has 0 aliphatic rings. The monoisotopic (exact) mass is 408 g/mol. The highest BCUT2D eigenvalue weighted by molar-refractivity contribution is 5.79. The second-order valence-electron chi connectivity index (χ2n) is 6.71. The van der Waals surface area contributed by atoms with Crippen LogP contribution in [0.5, 0.6) is 11.5 Å². The zero-order valence-electron chi connectivity index (χ0n) is 17.9. The summed E-state index contributed by atoms with van der Waals surface area (Å²) in [6.07, 6.45) is 2.56. The minimum atomic E-state index is 0.516. The summed E-state index contributed by atoms with van der Waals surface area (Å²) >= 11 is 0. The van der Waals surface area contributed by atoms with Crippen LogP contribution in [-0.2, 0) is 13.0 Å². The van der Waals surface area contributed by atoms with Crippen LogP contribution in [0.1, 0.15) is 11.4 Å². The first-order chi connectivity index (χ1) is 14.7. The molecule has 1 heterocycles. The van der Waals surface area contributed by atoms with Crippen molar-refractivity contribution < 1.29 is 9.47 Å². The molecular formula is C22H28N6O2. The molecule has 8 heteroatoms. The van der Waals surface area contributed by atoms with Gasteiger partial charge in [0.15, 0.2) is 23.3 Å². The summed E-state index contributed by atoms with van der Waals surface area (Å²) in [4.78, 5) is 6.48. The summed E-state index contributed by atoms with van der Waals surface area (Å²) in [5, 5.41) is 11.7. The number of para-hydroxylation sites is 1. The summed E-state index contributed by atoms with van der Waals surface area (Å²) in [7, 11) is 7.07. The molecule has 2 aromatic carbocycles. The average Bonchev–Trinajstić information content (AvgIpc) is 3.27. The number of methoxy groups -OCH3 is 2. The van der Waals surface area contributed by atoms with Crippen molar-refractivity contribution in [1.82, 2.24) is 25.0 Å². The van der Waals surface area contributed by atoms with Crippen LogP contribution in [0.2, 0.25) is 0 Å². The Kier molecular flexibility index (Phi) is 7.26. The second-order valence-corrected chi connectivity index (χ2v) is 6.71. The fourth-order valence-corrected chi connectivity index (χ4v) is 3.17. The average molecular weight is 409 g/mol. The van der Waals surface area contributed by atoms with Gasteiger partial charge in [0.2, 0.25) is 0 Å². The van der Waals surface area contributed by atoms with E-state index < -0.39 is 0 Å². The number of nitrogens with zero attached hydrogens (tertiary/aromatic N) is 5. The highest BCUT2D eigenvalue weighted by atomic mass is 16.5. The lowest BCUT2D eigenvalue weighted by Crippen LogP contribution is -2.40. The number of rotatable bonds is 8. The van der Waals surface area contributed by atoms with E-state index in [4.69, 9.17) is 9.47 Å². The first kappa shape index (κ1) is 21.2. The van der Waals surface area contributed by atoms with Crippen LogP contribution in [-0.4, -0.2) is 60.5 Å². The van der Waals surface area contributed by atoms with Gasteiger partial charge in [0.05, 0.1) is 20.8 Å². The topological polar surface area (TPSA) is 76.8 Å².